The smallest absolute Gasteiger partial charge is 0.0934 e. The van der Waals surface area contributed by atoms with Crippen LogP contribution in [0.25, 0.3) is 0 Å². The van der Waals surface area contributed by atoms with E-state index in [9.17, 15) is 0 Å². The highest BCUT2D eigenvalue weighted by molar-refractivity contribution is 4.85. The summed E-state index contributed by atoms with van der Waals surface area (Å²) in [5.74, 6) is 0.644. The first-order chi connectivity index (χ1) is 2.89. The van der Waals surface area contributed by atoms with Gasteiger partial charge >= 0.3 is 0 Å². The fourth-order valence-electron chi connectivity index (χ4n) is 0.453. The van der Waals surface area contributed by atoms with Crippen LogP contribution in [0.2, 0.25) is 0 Å². The van der Waals surface area contributed by atoms with E-state index in [0.717, 1.165) is 6.61 Å². The van der Waals surface area contributed by atoms with E-state index < -0.39 is 0 Å². The van der Waals surface area contributed by atoms with Crippen molar-refractivity contribution in [2.45, 2.75) is 6.92 Å². The third-order valence-corrected chi connectivity index (χ3v) is 0.862. The fraction of sp³-hybridized carbons (Fsp3) is 0.600. The maximum atomic E-state index is 4.88. The molecular formula is C5H10O. The van der Waals surface area contributed by atoms with Gasteiger partial charge in [0.15, 0.2) is 0 Å². The van der Waals surface area contributed by atoms with Gasteiger partial charge in [-0.25, -0.2) is 0 Å². The monoisotopic (exact) mass is 86.1 g/mol. The van der Waals surface area contributed by atoms with Crippen molar-refractivity contribution in [3.63, 3.8) is 0 Å². The van der Waals surface area contributed by atoms with Crippen LogP contribution in [-0.4, -0.2) is 6.61 Å². The van der Waals surface area contributed by atoms with E-state index in [-0.39, 0.29) is 1.43 Å². The van der Waals surface area contributed by atoms with Crippen molar-refractivity contribution in [3.05, 3.63) is 12.3 Å². The lowest BCUT2D eigenvalue weighted by Gasteiger charge is -1.90. The first kappa shape index (κ1) is 3.72. The molecule has 1 heteroatoms. The Hall–Kier alpha value is -0.460. The van der Waals surface area contributed by atoms with Crippen LogP contribution in [0.4, 0.5) is 0 Å². The quantitative estimate of drug-likeness (QED) is 0.433. The summed E-state index contributed by atoms with van der Waals surface area (Å²) in [6, 6.07) is 0. The molecule has 36 valence electrons. The standard InChI is InChI=1S/C5H8O.H2/c1-5-2-3-6-4-5;/h2-3,5H,4H2,1H3;1H. The van der Waals surface area contributed by atoms with Crippen molar-refractivity contribution in [1.29, 1.82) is 0 Å². The summed E-state index contributed by atoms with van der Waals surface area (Å²) in [5.41, 5.74) is 0. The van der Waals surface area contributed by atoms with E-state index >= 15 is 0 Å². The van der Waals surface area contributed by atoms with Gasteiger partial charge in [-0.05, 0) is 6.08 Å². The van der Waals surface area contributed by atoms with Gasteiger partial charge in [0, 0.05) is 7.34 Å². The Kier molecular flexibility index (Phi) is 0.825. The zero-order valence-corrected chi connectivity index (χ0v) is 3.85. The summed E-state index contributed by atoms with van der Waals surface area (Å²) in [4.78, 5) is 0. The van der Waals surface area contributed by atoms with Crippen LogP contribution in [0.15, 0.2) is 12.3 Å². The van der Waals surface area contributed by atoms with Crippen LogP contribution < -0.4 is 0 Å². The molecule has 0 aromatic carbocycles. The van der Waals surface area contributed by atoms with Crippen molar-refractivity contribution in [1.82, 2.24) is 0 Å². The second-order valence-corrected chi connectivity index (χ2v) is 1.64. The van der Waals surface area contributed by atoms with Crippen LogP contribution in [-0.2, 0) is 4.74 Å². The van der Waals surface area contributed by atoms with Crippen LogP contribution in [0, 0.1) is 5.92 Å². The molecule has 0 N–H and O–H groups in total. The Balaban J connectivity index is 0.000000360. The Morgan fingerprint density at radius 2 is 2.83 bits per heavy atom. The average molecular weight is 86.1 g/mol. The van der Waals surface area contributed by atoms with Crippen molar-refractivity contribution in [2.24, 2.45) is 5.92 Å². The van der Waals surface area contributed by atoms with Gasteiger partial charge in [0.2, 0.25) is 0 Å². The van der Waals surface area contributed by atoms with E-state index in [2.05, 4.69) is 13.0 Å². The molecule has 0 aromatic rings. The van der Waals surface area contributed by atoms with Crippen molar-refractivity contribution < 1.29 is 6.16 Å². The Morgan fingerprint density at radius 1 is 2.00 bits per heavy atom. The fourth-order valence-corrected chi connectivity index (χ4v) is 0.453. The highest BCUT2D eigenvalue weighted by Gasteiger charge is 1.99. The molecule has 0 aliphatic carbocycles. The Labute approximate surface area is 39.1 Å². The van der Waals surface area contributed by atoms with Crippen molar-refractivity contribution >= 4 is 0 Å². The van der Waals surface area contributed by atoms with Crippen LogP contribution >= 0.6 is 0 Å². The molecule has 6 heavy (non-hydrogen) atoms. The van der Waals surface area contributed by atoms with Gasteiger partial charge in [-0.15, -0.1) is 0 Å². The molecule has 1 unspecified atom stereocenters. The molecule has 0 saturated heterocycles. The predicted octanol–water partition coefficient (Wildman–Crippen LogP) is 1.41. The molecule has 1 atom stereocenters. The first-order valence-corrected chi connectivity index (χ1v) is 2.18. The van der Waals surface area contributed by atoms with E-state index in [1.807, 2.05) is 0 Å². The predicted molar refractivity (Wildman–Crippen MR) is 26.4 cm³/mol. The van der Waals surface area contributed by atoms with Gasteiger partial charge < -0.3 is 4.74 Å². The topological polar surface area (TPSA) is 9.23 Å². The molecule has 1 nitrogen and oxygen atoms in total. The maximum Gasteiger partial charge on any atom is 0.0934 e. The van der Waals surface area contributed by atoms with E-state index in [1.54, 1.807) is 6.26 Å². The van der Waals surface area contributed by atoms with Gasteiger partial charge in [-0.2, -0.15) is 0 Å². The van der Waals surface area contributed by atoms with E-state index in [0.29, 0.717) is 5.92 Å². The lowest BCUT2D eigenvalue weighted by molar-refractivity contribution is 0.255. The molecule has 1 aliphatic heterocycles. The SMILES string of the molecule is CC1C=COC1.[HH]. The summed E-state index contributed by atoms with van der Waals surface area (Å²) in [6.07, 6.45) is 3.81. The number of hydrogen-bond acceptors (Lipinski definition) is 1. The van der Waals surface area contributed by atoms with E-state index in [4.69, 9.17) is 4.74 Å². The third kappa shape index (κ3) is 0.534. The Bertz CT molecular complexity index is 70.5. The summed E-state index contributed by atoms with van der Waals surface area (Å²) >= 11 is 0. The second-order valence-electron chi connectivity index (χ2n) is 1.64. The molecule has 0 saturated carbocycles. The number of rotatable bonds is 0. The minimum absolute atomic E-state index is 0. The zero-order valence-electron chi connectivity index (χ0n) is 3.85. The highest BCUT2D eigenvalue weighted by Crippen LogP contribution is 2.04. The van der Waals surface area contributed by atoms with Crippen LogP contribution in [0.5, 0.6) is 0 Å². The highest BCUT2D eigenvalue weighted by atomic mass is 16.5. The van der Waals surface area contributed by atoms with Gasteiger partial charge in [0.25, 0.3) is 0 Å². The molecule has 0 radical (unpaired) electrons. The molecular weight excluding hydrogens is 76.1 g/mol. The summed E-state index contributed by atoms with van der Waals surface area (Å²) in [6.45, 7) is 3.00. The van der Waals surface area contributed by atoms with Gasteiger partial charge in [-0.3, -0.25) is 0 Å². The largest absolute Gasteiger partial charge is 0.501 e. The minimum Gasteiger partial charge on any atom is -0.501 e. The molecule has 0 aromatic heterocycles. The van der Waals surface area contributed by atoms with Crippen LogP contribution in [0.1, 0.15) is 8.35 Å². The van der Waals surface area contributed by atoms with E-state index in [1.165, 1.54) is 0 Å². The normalized spacial score (nSPS) is 30.5. The molecule has 1 aliphatic rings. The minimum atomic E-state index is 0. The summed E-state index contributed by atoms with van der Waals surface area (Å²) < 4.78 is 4.88. The summed E-state index contributed by atoms with van der Waals surface area (Å²) in [5, 5.41) is 0. The van der Waals surface area contributed by atoms with Gasteiger partial charge in [0.1, 0.15) is 0 Å². The number of hydrogen-bond donors (Lipinski definition) is 0. The molecule has 1 heterocycles. The average Bonchev–Trinajstić information content (AvgIpc) is 1.86. The van der Waals surface area contributed by atoms with Crippen molar-refractivity contribution in [2.75, 3.05) is 6.61 Å². The molecule has 0 fully saturated rings. The first-order valence-electron chi connectivity index (χ1n) is 2.18. The Morgan fingerprint density at radius 3 is 3.00 bits per heavy atom. The van der Waals surface area contributed by atoms with Crippen LogP contribution in [0.3, 0.4) is 0 Å². The molecule has 1 rings (SSSR count). The molecule has 0 spiro atoms. The maximum absolute atomic E-state index is 4.88. The third-order valence-electron chi connectivity index (χ3n) is 0.862. The lowest BCUT2D eigenvalue weighted by Crippen LogP contribution is -1.88. The summed E-state index contributed by atoms with van der Waals surface area (Å²) in [7, 11) is 0. The molecule has 0 amide bonds. The molecule has 0 bridgehead atoms. The number of ether oxygens (including phenoxy) is 1. The van der Waals surface area contributed by atoms with Gasteiger partial charge in [0.05, 0.1) is 12.9 Å². The van der Waals surface area contributed by atoms with Crippen molar-refractivity contribution in [3.8, 4) is 0 Å². The second kappa shape index (κ2) is 1.33. The van der Waals surface area contributed by atoms with Gasteiger partial charge in [-0.1, -0.05) is 6.92 Å². The zero-order chi connectivity index (χ0) is 4.41. The lowest BCUT2D eigenvalue weighted by atomic mass is 10.2.